The van der Waals surface area contributed by atoms with Crippen molar-refractivity contribution in [2.45, 2.75) is 12.7 Å². The zero-order chi connectivity index (χ0) is 18.9. The number of rotatable bonds is 4. The first-order valence-electron chi connectivity index (χ1n) is 7.68. The van der Waals surface area contributed by atoms with Crippen LogP contribution in [0.4, 0.5) is 13.2 Å². The Hall–Kier alpha value is -3.09. The van der Waals surface area contributed by atoms with Crippen LogP contribution in [0.2, 0.25) is 0 Å². The fraction of sp³-hybridized carbons (Fsp3) is 0.158. The molecule has 0 aliphatic carbocycles. The van der Waals surface area contributed by atoms with Gasteiger partial charge in [0.05, 0.1) is 18.2 Å². The molecule has 0 N–H and O–H groups in total. The van der Waals surface area contributed by atoms with Crippen LogP contribution in [0.25, 0.3) is 10.9 Å². The van der Waals surface area contributed by atoms with Gasteiger partial charge in [0.25, 0.3) is 5.78 Å². The van der Waals surface area contributed by atoms with Gasteiger partial charge in [-0.05, 0) is 23.8 Å². The molecule has 0 bridgehead atoms. The predicted octanol–water partition coefficient (Wildman–Crippen LogP) is 4.06. The van der Waals surface area contributed by atoms with Crippen LogP contribution in [0.5, 0.6) is 0 Å². The van der Waals surface area contributed by atoms with Crippen LogP contribution in [0.3, 0.4) is 0 Å². The number of ether oxygens (including phenoxy) is 1. The Bertz CT molecular complexity index is 989. The van der Waals surface area contributed by atoms with E-state index in [1.165, 1.54) is 12.3 Å². The molecule has 1 heterocycles. The number of fused-ring (bicyclic) bond motifs is 1. The van der Waals surface area contributed by atoms with Gasteiger partial charge in [-0.2, -0.15) is 13.2 Å². The van der Waals surface area contributed by atoms with E-state index in [1.807, 2.05) is 0 Å². The summed E-state index contributed by atoms with van der Waals surface area (Å²) < 4.78 is 44.8. The van der Waals surface area contributed by atoms with Crippen molar-refractivity contribution in [1.29, 1.82) is 0 Å². The van der Waals surface area contributed by atoms with E-state index in [2.05, 4.69) is 4.74 Å². The lowest BCUT2D eigenvalue weighted by Gasteiger charge is -2.10. The number of carbonyl (C=O) groups is 2. The number of esters is 1. The highest BCUT2D eigenvalue weighted by Gasteiger charge is 2.30. The Labute approximate surface area is 146 Å². The molecule has 0 fully saturated rings. The average molecular weight is 361 g/mol. The lowest BCUT2D eigenvalue weighted by molar-refractivity contribution is -0.137. The fourth-order valence-electron chi connectivity index (χ4n) is 2.80. The van der Waals surface area contributed by atoms with Crippen molar-refractivity contribution in [3.63, 3.8) is 0 Å². The molecule has 0 radical (unpaired) electrons. The second-order valence-corrected chi connectivity index (χ2v) is 5.71. The maximum absolute atomic E-state index is 12.9. The number of carbonyl (C=O) groups excluding carboxylic acids is 2. The molecule has 0 aliphatic heterocycles. The van der Waals surface area contributed by atoms with E-state index in [4.69, 9.17) is 0 Å². The second-order valence-electron chi connectivity index (χ2n) is 5.71. The van der Waals surface area contributed by atoms with Crippen LogP contribution < -0.4 is 0 Å². The average Bonchev–Trinajstić information content (AvgIpc) is 2.98. The molecule has 0 spiro atoms. The van der Waals surface area contributed by atoms with Crippen molar-refractivity contribution in [3.8, 4) is 0 Å². The van der Waals surface area contributed by atoms with E-state index >= 15 is 0 Å². The van der Waals surface area contributed by atoms with E-state index in [-0.39, 0.29) is 12.1 Å². The Balaban J connectivity index is 2.04. The molecule has 3 aromatic rings. The molecule has 2 aromatic carbocycles. The first-order valence-corrected chi connectivity index (χ1v) is 7.68. The van der Waals surface area contributed by atoms with Crippen LogP contribution >= 0.6 is 0 Å². The number of halogens is 3. The van der Waals surface area contributed by atoms with Crippen LogP contribution in [0, 0.1) is 0 Å². The first kappa shape index (κ1) is 17.7. The smallest absolute Gasteiger partial charge is 0.416 e. The van der Waals surface area contributed by atoms with Gasteiger partial charge in [-0.3, -0.25) is 4.79 Å². The summed E-state index contributed by atoms with van der Waals surface area (Å²) in [4.78, 5) is 23.8. The van der Waals surface area contributed by atoms with Gasteiger partial charge in [0, 0.05) is 23.6 Å². The number of para-hydroxylation sites is 1. The summed E-state index contributed by atoms with van der Waals surface area (Å²) in [5, 5.41) is 0.537. The third-order valence-corrected chi connectivity index (χ3v) is 4.01. The highest BCUT2D eigenvalue weighted by molar-refractivity contribution is 6.43. The molecule has 0 aliphatic rings. The zero-order valence-corrected chi connectivity index (χ0v) is 13.7. The molecular weight excluding hydrogens is 347 g/mol. The van der Waals surface area contributed by atoms with Crippen LogP contribution in [-0.4, -0.2) is 23.4 Å². The summed E-state index contributed by atoms with van der Waals surface area (Å²) >= 11 is 0. The van der Waals surface area contributed by atoms with Gasteiger partial charge >= 0.3 is 12.1 Å². The van der Waals surface area contributed by atoms with Crippen LogP contribution in [0.15, 0.2) is 54.7 Å². The Morgan fingerprint density at radius 3 is 2.50 bits per heavy atom. The maximum atomic E-state index is 12.9. The topological polar surface area (TPSA) is 48.3 Å². The van der Waals surface area contributed by atoms with Gasteiger partial charge in [0.15, 0.2) is 0 Å². The maximum Gasteiger partial charge on any atom is 0.416 e. The highest BCUT2D eigenvalue weighted by atomic mass is 19.4. The molecule has 0 unspecified atom stereocenters. The number of ketones is 1. The number of nitrogens with zero attached hydrogens (tertiary/aromatic N) is 1. The summed E-state index contributed by atoms with van der Waals surface area (Å²) in [5.74, 6) is -1.79. The lowest BCUT2D eigenvalue weighted by Crippen LogP contribution is -2.15. The predicted molar refractivity (Wildman–Crippen MR) is 88.8 cm³/mol. The molecule has 3 rings (SSSR count). The highest BCUT2D eigenvalue weighted by Crippen LogP contribution is 2.30. The van der Waals surface area contributed by atoms with Crippen molar-refractivity contribution >= 4 is 22.7 Å². The number of benzene rings is 2. The molecule has 0 saturated heterocycles. The first-order chi connectivity index (χ1) is 12.3. The normalized spacial score (nSPS) is 11.5. The third kappa shape index (κ3) is 3.33. The van der Waals surface area contributed by atoms with Gasteiger partial charge in [-0.1, -0.05) is 30.3 Å². The number of Topliss-reactive ketones (excluding diaryl/α,β-unsaturated/α-hetero) is 1. The minimum Gasteiger partial charge on any atom is -0.463 e. The largest absolute Gasteiger partial charge is 0.463 e. The van der Waals surface area contributed by atoms with Crippen molar-refractivity contribution in [1.82, 2.24) is 4.57 Å². The Morgan fingerprint density at radius 1 is 1.08 bits per heavy atom. The molecule has 7 heteroatoms. The van der Waals surface area contributed by atoms with Gasteiger partial charge in [0.1, 0.15) is 0 Å². The van der Waals surface area contributed by atoms with Gasteiger partial charge < -0.3 is 9.30 Å². The molecule has 134 valence electrons. The van der Waals surface area contributed by atoms with Crippen LogP contribution in [-0.2, 0) is 22.3 Å². The summed E-state index contributed by atoms with van der Waals surface area (Å²) in [6.45, 7) is 0.124. The van der Waals surface area contributed by atoms with E-state index < -0.39 is 23.5 Å². The molecule has 0 amide bonds. The number of alkyl halides is 3. The standard InChI is InChI=1S/C19H14F3NO3/c1-26-18(25)17(24)15-11-23(16-8-3-2-7-14(15)16)10-12-5-4-6-13(9-12)19(20,21)22/h2-9,11H,10H2,1H3. The minimum absolute atomic E-state index is 0.124. The SMILES string of the molecule is COC(=O)C(=O)c1cn(Cc2cccc(C(F)(F)F)c2)c2ccccc12. The summed E-state index contributed by atoms with van der Waals surface area (Å²) in [5.41, 5.74) is 0.478. The van der Waals surface area contributed by atoms with Crippen molar-refractivity contribution in [3.05, 3.63) is 71.4 Å². The van der Waals surface area contributed by atoms with Crippen LogP contribution in [0.1, 0.15) is 21.5 Å². The monoisotopic (exact) mass is 361 g/mol. The number of aromatic nitrogens is 1. The van der Waals surface area contributed by atoms with E-state index in [9.17, 15) is 22.8 Å². The van der Waals surface area contributed by atoms with Crippen molar-refractivity contribution in [2.75, 3.05) is 7.11 Å². The zero-order valence-electron chi connectivity index (χ0n) is 13.7. The van der Waals surface area contributed by atoms with Crippen molar-refractivity contribution in [2.24, 2.45) is 0 Å². The molecular formula is C19H14F3NO3. The molecule has 4 nitrogen and oxygen atoms in total. The second kappa shape index (κ2) is 6.67. The van der Waals surface area contributed by atoms with E-state index in [1.54, 1.807) is 34.9 Å². The van der Waals surface area contributed by atoms with E-state index in [0.717, 1.165) is 19.2 Å². The number of hydrogen-bond donors (Lipinski definition) is 0. The number of methoxy groups -OCH3 is 1. The van der Waals surface area contributed by atoms with Gasteiger partial charge in [-0.15, -0.1) is 0 Å². The van der Waals surface area contributed by atoms with Crippen molar-refractivity contribution < 1.29 is 27.5 Å². The van der Waals surface area contributed by atoms with Gasteiger partial charge in [0.2, 0.25) is 0 Å². The molecule has 26 heavy (non-hydrogen) atoms. The molecule has 0 saturated carbocycles. The third-order valence-electron chi connectivity index (χ3n) is 4.01. The Kier molecular flexibility index (Phi) is 4.54. The van der Waals surface area contributed by atoms with Gasteiger partial charge in [-0.25, -0.2) is 4.79 Å². The quantitative estimate of drug-likeness (QED) is 0.400. The lowest BCUT2D eigenvalue weighted by atomic mass is 10.1. The minimum atomic E-state index is -4.43. The molecule has 0 atom stereocenters. The summed E-state index contributed by atoms with van der Waals surface area (Å²) in [7, 11) is 1.11. The summed E-state index contributed by atoms with van der Waals surface area (Å²) in [6.07, 6.45) is -2.97. The summed E-state index contributed by atoms with van der Waals surface area (Å²) in [6, 6.07) is 11.9. The Morgan fingerprint density at radius 2 is 1.81 bits per heavy atom. The fourth-order valence-corrected chi connectivity index (χ4v) is 2.80. The van der Waals surface area contributed by atoms with E-state index in [0.29, 0.717) is 16.5 Å². The molecule has 1 aromatic heterocycles. The number of hydrogen-bond acceptors (Lipinski definition) is 3.